The maximum Gasteiger partial charge on any atom is 0.255 e. The fourth-order valence-electron chi connectivity index (χ4n) is 2.15. The van der Waals surface area contributed by atoms with Crippen molar-refractivity contribution in [1.82, 2.24) is 4.90 Å². The van der Waals surface area contributed by atoms with Crippen LogP contribution in [0.1, 0.15) is 28.1 Å². The molecule has 1 aliphatic rings. The van der Waals surface area contributed by atoms with E-state index in [0.29, 0.717) is 18.2 Å². The summed E-state index contributed by atoms with van der Waals surface area (Å²) < 4.78 is 13.8. The van der Waals surface area contributed by atoms with Crippen LogP contribution in [-0.2, 0) is 6.54 Å². The van der Waals surface area contributed by atoms with E-state index in [0.717, 1.165) is 17.7 Å². The summed E-state index contributed by atoms with van der Waals surface area (Å²) in [5.41, 5.74) is 0.397. The lowest BCUT2D eigenvalue weighted by Crippen LogP contribution is -2.32. The van der Waals surface area contributed by atoms with Crippen LogP contribution >= 0.6 is 27.3 Å². The van der Waals surface area contributed by atoms with Gasteiger partial charge in [0.05, 0.1) is 16.6 Å². The van der Waals surface area contributed by atoms with Crippen molar-refractivity contribution in [2.75, 3.05) is 0 Å². The van der Waals surface area contributed by atoms with Gasteiger partial charge >= 0.3 is 0 Å². The third kappa shape index (κ3) is 2.79. The summed E-state index contributed by atoms with van der Waals surface area (Å²) in [6, 6.07) is 8.88. The van der Waals surface area contributed by atoms with Crippen LogP contribution in [0.4, 0.5) is 4.39 Å². The summed E-state index contributed by atoms with van der Waals surface area (Å²) in [6.07, 6.45) is 2.06. The molecule has 2 aromatic rings. The predicted molar refractivity (Wildman–Crippen MR) is 81.3 cm³/mol. The van der Waals surface area contributed by atoms with Gasteiger partial charge in [0.1, 0.15) is 5.82 Å². The lowest BCUT2D eigenvalue weighted by atomic mass is 10.2. The molecule has 0 saturated heterocycles. The molecule has 104 valence electrons. The molecule has 0 unspecified atom stereocenters. The van der Waals surface area contributed by atoms with E-state index in [1.54, 1.807) is 23.5 Å². The van der Waals surface area contributed by atoms with Gasteiger partial charge in [-0.3, -0.25) is 4.79 Å². The zero-order valence-electron chi connectivity index (χ0n) is 10.7. The van der Waals surface area contributed by atoms with Crippen LogP contribution in [0.3, 0.4) is 0 Å². The topological polar surface area (TPSA) is 20.3 Å². The highest BCUT2D eigenvalue weighted by Crippen LogP contribution is 2.32. The number of carbonyl (C=O) groups excluding carboxylic acids is 1. The number of nitrogens with zero attached hydrogens (tertiary/aromatic N) is 1. The molecule has 1 aromatic heterocycles. The van der Waals surface area contributed by atoms with Gasteiger partial charge in [0.15, 0.2) is 0 Å². The van der Waals surface area contributed by atoms with Gasteiger partial charge in [0, 0.05) is 10.9 Å². The van der Waals surface area contributed by atoms with Crippen LogP contribution in [0.2, 0.25) is 0 Å². The standard InChI is InChI=1S/C15H13BrFNOS/c16-14-12(4-1-5-13(14)17)15(19)18(10-6-7-10)9-11-3-2-8-20-11/h1-5,8,10H,6-7,9H2. The molecule has 0 radical (unpaired) electrons. The minimum absolute atomic E-state index is 0.104. The number of benzene rings is 1. The van der Waals surface area contributed by atoms with E-state index >= 15 is 0 Å². The Labute approximate surface area is 129 Å². The molecule has 2 nitrogen and oxygen atoms in total. The number of thiophene rings is 1. The van der Waals surface area contributed by atoms with Gasteiger partial charge in [-0.1, -0.05) is 12.1 Å². The normalized spacial score (nSPS) is 14.3. The Morgan fingerprint density at radius 2 is 2.15 bits per heavy atom. The second kappa shape index (κ2) is 5.66. The number of hydrogen-bond acceptors (Lipinski definition) is 2. The Morgan fingerprint density at radius 1 is 1.35 bits per heavy atom. The molecule has 20 heavy (non-hydrogen) atoms. The van der Waals surface area contributed by atoms with E-state index in [9.17, 15) is 9.18 Å². The minimum atomic E-state index is -0.400. The van der Waals surface area contributed by atoms with Gasteiger partial charge in [-0.2, -0.15) is 0 Å². The molecule has 5 heteroatoms. The molecular formula is C15H13BrFNOS. The summed E-state index contributed by atoms with van der Waals surface area (Å²) in [4.78, 5) is 15.7. The maximum absolute atomic E-state index is 13.6. The Hall–Kier alpha value is -1.20. The van der Waals surface area contributed by atoms with Crippen molar-refractivity contribution in [2.45, 2.75) is 25.4 Å². The molecule has 0 atom stereocenters. The summed E-state index contributed by atoms with van der Waals surface area (Å²) in [6.45, 7) is 0.601. The first-order valence-electron chi connectivity index (χ1n) is 6.44. The molecule has 1 fully saturated rings. The van der Waals surface area contributed by atoms with Gasteiger partial charge in [-0.05, 0) is 52.4 Å². The van der Waals surface area contributed by atoms with Crippen LogP contribution < -0.4 is 0 Å². The molecule has 1 saturated carbocycles. The molecule has 1 aromatic carbocycles. The first-order chi connectivity index (χ1) is 9.66. The largest absolute Gasteiger partial charge is 0.330 e. The lowest BCUT2D eigenvalue weighted by molar-refractivity contribution is 0.0730. The van der Waals surface area contributed by atoms with Crippen molar-refractivity contribution in [2.24, 2.45) is 0 Å². The van der Waals surface area contributed by atoms with Crippen LogP contribution in [0, 0.1) is 5.82 Å². The van der Waals surface area contributed by atoms with Crippen molar-refractivity contribution in [3.8, 4) is 0 Å². The molecule has 0 spiro atoms. The molecule has 0 aliphatic heterocycles. The van der Waals surface area contributed by atoms with Crippen molar-refractivity contribution in [3.05, 3.63) is 56.4 Å². The predicted octanol–water partition coefficient (Wildman–Crippen LogP) is 4.45. The van der Waals surface area contributed by atoms with Crippen LogP contribution in [-0.4, -0.2) is 16.8 Å². The summed E-state index contributed by atoms with van der Waals surface area (Å²) in [7, 11) is 0. The SMILES string of the molecule is O=C(c1cccc(F)c1Br)N(Cc1cccs1)C1CC1. The molecule has 3 rings (SSSR count). The van der Waals surface area contributed by atoms with Crippen molar-refractivity contribution < 1.29 is 9.18 Å². The molecule has 0 bridgehead atoms. The highest BCUT2D eigenvalue weighted by atomic mass is 79.9. The Bertz CT molecular complexity index is 625. The number of halogens is 2. The van der Waals surface area contributed by atoms with Crippen molar-refractivity contribution in [1.29, 1.82) is 0 Å². The fourth-order valence-corrected chi connectivity index (χ4v) is 3.28. The first-order valence-corrected chi connectivity index (χ1v) is 8.11. The minimum Gasteiger partial charge on any atom is -0.330 e. The molecule has 1 heterocycles. The second-order valence-electron chi connectivity index (χ2n) is 4.84. The maximum atomic E-state index is 13.6. The van der Waals surface area contributed by atoms with Gasteiger partial charge < -0.3 is 4.90 Å². The highest BCUT2D eigenvalue weighted by molar-refractivity contribution is 9.10. The zero-order valence-corrected chi connectivity index (χ0v) is 13.1. The molecular weight excluding hydrogens is 341 g/mol. The van der Waals surface area contributed by atoms with E-state index in [2.05, 4.69) is 15.9 Å². The van der Waals surface area contributed by atoms with Crippen LogP contribution in [0.5, 0.6) is 0 Å². The van der Waals surface area contributed by atoms with Gasteiger partial charge in [-0.15, -0.1) is 11.3 Å². The van der Waals surface area contributed by atoms with Crippen molar-refractivity contribution >= 4 is 33.2 Å². The number of hydrogen-bond donors (Lipinski definition) is 0. The van der Waals surface area contributed by atoms with E-state index in [4.69, 9.17) is 0 Å². The summed E-state index contributed by atoms with van der Waals surface area (Å²) >= 11 is 4.81. The van der Waals surface area contributed by atoms with Gasteiger partial charge in [0.25, 0.3) is 5.91 Å². The average molecular weight is 354 g/mol. The average Bonchev–Trinajstić information content (AvgIpc) is 3.15. The lowest BCUT2D eigenvalue weighted by Gasteiger charge is -2.22. The fraction of sp³-hybridized carbons (Fsp3) is 0.267. The third-order valence-electron chi connectivity index (χ3n) is 3.34. The molecule has 1 aliphatic carbocycles. The van der Waals surface area contributed by atoms with Crippen LogP contribution in [0.15, 0.2) is 40.2 Å². The quantitative estimate of drug-likeness (QED) is 0.794. The summed E-state index contributed by atoms with van der Waals surface area (Å²) in [5.74, 6) is -0.505. The van der Waals surface area contributed by atoms with E-state index in [-0.39, 0.29) is 10.4 Å². The first kappa shape index (κ1) is 13.8. The monoisotopic (exact) mass is 353 g/mol. The zero-order chi connectivity index (χ0) is 14.1. The third-order valence-corrected chi connectivity index (χ3v) is 5.00. The van der Waals surface area contributed by atoms with E-state index in [1.165, 1.54) is 6.07 Å². The smallest absolute Gasteiger partial charge is 0.255 e. The summed E-state index contributed by atoms with van der Waals surface area (Å²) in [5, 5.41) is 2.00. The van der Waals surface area contributed by atoms with Gasteiger partial charge in [0.2, 0.25) is 0 Å². The number of carbonyl (C=O) groups is 1. The van der Waals surface area contributed by atoms with Crippen LogP contribution in [0.25, 0.3) is 0 Å². The number of amides is 1. The van der Waals surface area contributed by atoms with Gasteiger partial charge in [-0.25, -0.2) is 4.39 Å². The van der Waals surface area contributed by atoms with Crippen molar-refractivity contribution in [3.63, 3.8) is 0 Å². The number of rotatable bonds is 4. The molecule has 0 N–H and O–H groups in total. The Morgan fingerprint density at radius 3 is 2.80 bits per heavy atom. The highest BCUT2D eigenvalue weighted by Gasteiger charge is 2.34. The molecule has 1 amide bonds. The second-order valence-corrected chi connectivity index (χ2v) is 6.67. The Balaban J connectivity index is 1.87. The van der Waals surface area contributed by atoms with E-state index in [1.807, 2.05) is 22.4 Å². The Kier molecular flexibility index (Phi) is 3.89. The van der Waals surface area contributed by atoms with E-state index < -0.39 is 5.82 Å².